The molecule has 0 heterocycles. The lowest BCUT2D eigenvalue weighted by molar-refractivity contribution is -0.763. The molecule has 0 radical (unpaired) electrons. The highest BCUT2D eigenvalue weighted by atomic mass is 16.9. The number of carbonyl (C=O) groups excluding carboxylic acids is 3. The third-order valence-electron chi connectivity index (χ3n) is 9.91. The van der Waals surface area contributed by atoms with Gasteiger partial charge in [0, 0.05) is 16.7 Å². The second kappa shape index (κ2) is 10.6. The summed E-state index contributed by atoms with van der Waals surface area (Å²) in [6.45, 7) is 5.29. The number of aliphatic hydroxyl groups excluding tert-OH is 1. The van der Waals surface area contributed by atoms with E-state index in [4.69, 9.17) is 14.2 Å². The molecule has 0 saturated heterocycles. The van der Waals surface area contributed by atoms with Crippen molar-refractivity contribution in [3.05, 3.63) is 63.7 Å². The number of benzene rings is 1. The van der Waals surface area contributed by atoms with Gasteiger partial charge in [-0.25, -0.2) is 9.59 Å². The topological polar surface area (TPSA) is 152 Å². The van der Waals surface area contributed by atoms with Crippen LogP contribution in [0.3, 0.4) is 0 Å². The molecule has 0 aromatic heterocycles. The Kier molecular flexibility index (Phi) is 7.44. The molecule has 7 unspecified atom stereocenters. The van der Waals surface area contributed by atoms with Gasteiger partial charge in [0.25, 0.3) is 5.09 Å². The molecule has 41 heavy (non-hydrogen) atoms. The molecular weight excluding hydrogens is 534 g/mol. The Bertz CT molecular complexity index is 1320. The Balaban J connectivity index is 1.48. The van der Waals surface area contributed by atoms with E-state index in [2.05, 4.69) is 11.8 Å². The number of fused-ring (bicyclic) bond motifs is 5. The minimum absolute atomic E-state index is 0.00632. The average Bonchev–Trinajstić information content (AvgIpc) is 3.20. The first-order chi connectivity index (χ1) is 19.4. The highest BCUT2D eigenvalue weighted by molar-refractivity contribution is 6.01. The molecule has 11 nitrogen and oxygen atoms in total. The van der Waals surface area contributed by atoms with Crippen LogP contribution in [0.1, 0.15) is 58.4 Å². The Morgan fingerprint density at radius 1 is 1.22 bits per heavy atom. The lowest BCUT2D eigenvalue weighted by atomic mass is 9.46. The van der Waals surface area contributed by atoms with Crippen molar-refractivity contribution < 1.29 is 43.6 Å². The molecule has 4 aliphatic rings. The molecule has 0 bridgehead atoms. The van der Waals surface area contributed by atoms with Crippen LogP contribution in [0.4, 0.5) is 4.79 Å². The van der Waals surface area contributed by atoms with Crippen LogP contribution in [0, 0.1) is 38.7 Å². The Labute approximate surface area is 237 Å². The first-order valence-electron chi connectivity index (χ1n) is 14.0. The summed E-state index contributed by atoms with van der Waals surface area (Å²) in [4.78, 5) is 54.0. The fourth-order valence-corrected chi connectivity index (χ4v) is 8.16. The molecule has 1 aromatic rings. The summed E-state index contributed by atoms with van der Waals surface area (Å²) in [5.74, 6) is -0.971. The first-order valence-corrected chi connectivity index (χ1v) is 14.0. The fourth-order valence-electron chi connectivity index (χ4n) is 8.16. The largest absolute Gasteiger partial charge is 0.509 e. The lowest BCUT2D eigenvalue weighted by Gasteiger charge is -2.59. The summed E-state index contributed by atoms with van der Waals surface area (Å²) >= 11 is 0. The van der Waals surface area contributed by atoms with E-state index >= 15 is 0 Å². The van der Waals surface area contributed by atoms with Crippen LogP contribution >= 0.6 is 0 Å². The summed E-state index contributed by atoms with van der Waals surface area (Å²) in [5.41, 5.74) is -1.77. The molecule has 3 fully saturated rings. The number of esters is 1. The standard InChI is InChI=1S/C30H35NO10/c1-4-38-27(35)41-30(26(34)40-21-7-5-6-18(14-21)17-39-31(36)37)13-11-23-22-9-8-19-15-20(32)10-12-28(19,2)25(22)24(33)16-29(23,30)3/h5-7,10,12,14-15,22-25,33H,4,8-9,11,13,16-17H2,1-3H3. The molecule has 1 N–H and O–H groups in total. The summed E-state index contributed by atoms with van der Waals surface area (Å²) < 4.78 is 16.8. The molecule has 1 aromatic carbocycles. The van der Waals surface area contributed by atoms with Crippen molar-refractivity contribution in [3.8, 4) is 5.75 Å². The zero-order valence-electron chi connectivity index (χ0n) is 23.4. The molecule has 0 spiro atoms. The van der Waals surface area contributed by atoms with Crippen molar-refractivity contribution >= 4 is 17.9 Å². The van der Waals surface area contributed by atoms with Crippen molar-refractivity contribution in [1.82, 2.24) is 0 Å². The van der Waals surface area contributed by atoms with Gasteiger partial charge in [0.05, 0.1) is 12.7 Å². The fraction of sp³-hybridized carbons (Fsp3) is 0.567. The summed E-state index contributed by atoms with van der Waals surface area (Å²) in [7, 11) is 0. The van der Waals surface area contributed by atoms with Gasteiger partial charge in [-0.2, -0.15) is 0 Å². The van der Waals surface area contributed by atoms with Gasteiger partial charge in [-0.15, -0.1) is 10.1 Å². The van der Waals surface area contributed by atoms with Crippen molar-refractivity contribution in [1.29, 1.82) is 0 Å². The summed E-state index contributed by atoms with van der Waals surface area (Å²) in [6.07, 6.45) is 5.67. The number of hydrogen-bond acceptors (Lipinski definition) is 10. The van der Waals surface area contributed by atoms with Crippen molar-refractivity contribution in [2.24, 2.45) is 28.6 Å². The van der Waals surface area contributed by atoms with Gasteiger partial charge in [-0.1, -0.05) is 37.6 Å². The number of rotatable bonds is 7. The van der Waals surface area contributed by atoms with Gasteiger partial charge in [0.2, 0.25) is 5.60 Å². The molecule has 4 aliphatic carbocycles. The monoisotopic (exact) mass is 569 g/mol. The quantitative estimate of drug-likeness (QED) is 0.215. The van der Waals surface area contributed by atoms with E-state index in [1.165, 1.54) is 12.1 Å². The summed E-state index contributed by atoms with van der Waals surface area (Å²) in [5, 5.41) is 21.4. The molecule has 220 valence electrons. The number of aliphatic hydroxyl groups is 1. The van der Waals surface area contributed by atoms with Crippen LogP contribution < -0.4 is 4.74 Å². The van der Waals surface area contributed by atoms with Crippen molar-refractivity contribution in [3.63, 3.8) is 0 Å². The first kappa shape index (κ1) is 28.8. The van der Waals surface area contributed by atoms with Gasteiger partial charge in [0.15, 0.2) is 5.78 Å². The average molecular weight is 570 g/mol. The van der Waals surface area contributed by atoms with Crippen LogP contribution in [-0.2, 0) is 30.5 Å². The molecule has 0 amide bonds. The van der Waals surface area contributed by atoms with E-state index in [0.29, 0.717) is 18.4 Å². The molecule has 11 heteroatoms. The van der Waals surface area contributed by atoms with Crippen molar-refractivity contribution in [2.45, 2.75) is 71.2 Å². The Morgan fingerprint density at radius 2 is 2.00 bits per heavy atom. The number of hydrogen-bond donors (Lipinski definition) is 1. The van der Waals surface area contributed by atoms with Gasteiger partial charge < -0.3 is 24.2 Å². The van der Waals surface area contributed by atoms with Gasteiger partial charge in [-0.3, -0.25) is 4.79 Å². The van der Waals surface area contributed by atoms with Gasteiger partial charge in [-0.05, 0) is 80.7 Å². The SMILES string of the molecule is CCOC(=O)OC1(C(=O)Oc2cccc(CO[N+](=O)[O-])c2)CCC2C3CCC4=CC(=O)C=CC4(C)C3C(O)CC21C. The van der Waals surface area contributed by atoms with E-state index in [0.717, 1.165) is 12.0 Å². The van der Waals surface area contributed by atoms with E-state index in [1.807, 2.05) is 13.0 Å². The Hall–Kier alpha value is -3.73. The maximum absolute atomic E-state index is 14.1. The van der Waals surface area contributed by atoms with E-state index in [1.54, 1.807) is 31.2 Å². The van der Waals surface area contributed by atoms with Crippen LogP contribution in [-0.4, -0.2) is 46.4 Å². The molecular formula is C30H35NO10. The molecule has 5 rings (SSSR count). The van der Waals surface area contributed by atoms with Gasteiger partial charge in [0.1, 0.15) is 12.4 Å². The third kappa shape index (κ3) is 4.79. The lowest BCUT2D eigenvalue weighted by Crippen LogP contribution is -2.63. The predicted molar refractivity (Wildman–Crippen MR) is 143 cm³/mol. The smallest absolute Gasteiger partial charge is 0.435 e. The van der Waals surface area contributed by atoms with E-state index in [9.17, 15) is 29.6 Å². The highest BCUT2D eigenvalue weighted by Gasteiger charge is 2.71. The van der Waals surface area contributed by atoms with Crippen LogP contribution in [0.25, 0.3) is 0 Å². The Morgan fingerprint density at radius 3 is 2.73 bits per heavy atom. The minimum Gasteiger partial charge on any atom is -0.435 e. The maximum Gasteiger partial charge on any atom is 0.509 e. The maximum atomic E-state index is 14.1. The molecule has 0 aliphatic heterocycles. The number of carbonyl (C=O) groups is 3. The zero-order valence-corrected chi connectivity index (χ0v) is 23.4. The van der Waals surface area contributed by atoms with Crippen LogP contribution in [0.2, 0.25) is 0 Å². The minimum atomic E-state index is -1.74. The molecule has 3 saturated carbocycles. The highest BCUT2D eigenvalue weighted by Crippen LogP contribution is 2.68. The second-order valence-electron chi connectivity index (χ2n) is 11.9. The third-order valence-corrected chi connectivity index (χ3v) is 9.91. The molecule has 7 atom stereocenters. The number of ether oxygens (including phenoxy) is 3. The van der Waals surface area contributed by atoms with Gasteiger partial charge >= 0.3 is 12.1 Å². The predicted octanol–water partition coefficient (Wildman–Crippen LogP) is 4.49. The normalized spacial score (nSPS) is 35.3. The van der Waals surface area contributed by atoms with E-state index < -0.39 is 39.7 Å². The van der Waals surface area contributed by atoms with Crippen LogP contribution in [0.15, 0.2) is 48.1 Å². The summed E-state index contributed by atoms with van der Waals surface area (Å²) in [6, 6.07) is 6.14. The zero-order chi connectivity index (χ0) is 29.6. The van der Waals surface area contributed by atoms with Crippen molar-refractivity contribution in [2.75, 3.05) is 6.61 Å². The number of ketones is 1. The van der Waals surface area contributed by atoms with E-state index in [-0.39, 0.29) is 55.3 Å². The second-order valence-corrected chi connectivity index (χ2v) is 11.9. The number of nitrogens with zero attached hydrogens (tertiary/aromatic N) is 1. The van der Waals surface area contributed by atoms with Crippen LogP contribution in [0.5, 0.6) is 5.75 Å². The number of allylic oxidation sites excluding steroid dienone is 4.